The maximum atomic E-state index is 9.76. The van der Waals surface area contributed by atoms with Gasteiger partial charge in [-0.25, -0.2) is 0 Å². The van der Waals surface area contributed by atoms with Gasteiger partial charge in [0.1, 0.15) is 0 Å². The van der Waals surface area contributed by atoms with Gasteiger partial charge in [0, 0.05) is 13.1 Å². The van der Waals surface area contributed by atoms with Gasteiger partial charge in [0.05, 0.1) is 11.6 Å². The quantitative estimate of drug-likeness (QED) is 0.734. The standard InChI is InChI=1S/C12H17NO/c1-12(2,14)11-9-13(11)8-10-6-4-3-5-7-10/h3-7,11,14H,8-9H2,1-2H3. The molecule has 1 aliphatic heterocycles. The van der Waals surface area contributed by atoms with Crippen LogP contribution in [0.25, 0.3) is 0 Å². The van der Waals surface area contributed by atoms with Crippen molar-refractivity contribution in [3.63, 3.8) is 0 Å². The number of rotatable bonds is 3. The molecule has 2 heteroatoms. The van der Waals surface area contributed by atoms with Crippen molar-refractivity contribution in [3.8, 4) is 0 Å². The van der Waals surface area contributed by atoms with Gasteiger partial charge in [-0.2, -0.15) is 0 Å². The lowest BCUT2D eigenvalue weighted by Crippen LogP contribution is -2.29. The fourth-order valence-corrected chi connectivity index (χ4v) is 1.84. The lowest BCUT2D eigenvalue weighted by molar-refractivity contribution is 0.0640. The van der Waals surface area contributed by atoms with Crippen LogP contribution in [0.5, 0.6) is 0 Å². The monoisotopic (exact) mass is 191 g/mol. The average molecular weight is 191 g/mol. The molecule has 0 radical (unpaired) electrons. The molecule has 76 valence electrons. The first-order valence-electron chi connectivity index (χ1n) is 5.08. The number of hydrogen-bond acceptors (Lipinski definition) is 2. The van der Waals surface area contributed by atoms with E-state index in [-0.39, 0.29) is 0 Å². The zero-order valence-electron chi connectivity index (χ0n) is 8.77. The number of aliphatic hydroxyl groups is 1. The molecule has 1 saturated heterocycles. The molecule has 2 unspecified atom stereocenters. The minimum atomic E-state index is -0.561. The van der Waals surface area contributed by atoms with Crippen LogP contribution in [-0.2, 0) is 6.54 Å². The highest BCUT2D eigenvalue weighted by Gasteiger charge is 2.44. The maximum Gasteiger partial charge on any atom is 0.0758 e. The Hall–Kier alpha value is -0.860. The fourth-order valence-electron chi connectivity index (χ4n) is 1.84. The number of benzene rings is 1. The fraction of sp³-hybridized carbons (Fsp3) is 0.500. The third-order valence-corrected chi connectivity index (χ3v) is 2.76. The Morgan fingerprint density at radius 2 is 2.00 bits per heavy atom. The van der Waals surface area contributed by atoms with Gasteiger partial charge >= 0.3 is 0 Å². The van der Waals surface area contributed by atoms with Crippen LogP contribution in [0.15, 0.2) is 30.3 Å². The number of nitrogens with zero attached hydrogens (tertiary/aromatic N) is 1. The van der Waals surface area contributed by atoms with Crippen molar-refractivity contribution < 1.29 is 5.11 Å². The van der Waals surface area contributed by atoms with E-state index in [1.165, 1.54) is 5.56 Å². The first-order chi connectivity index (χ1) is 6.57. The molecule has 2 atom stereocenters. The summed E-state index contributed by atoms with van der Waals surface area (Å²) in [5.41, 5.74) is 0.758. The van der Waals surface area contributed by atoms with Crippen molar-refractivity contribution in [3.05, 3.63) is 35.9 Å². The van der Waals surface area contributed by atoms with Crippen LogP contribution in [-0.4, -0.2) is 28.2 Å². The Morgan fingerprint density at radius 1 is 1.36 bits per heavy atom. The van der Waals surface area contributed by atoms with Gasteiger partial charge in [-0.15, -0.1) is 0 Å². The van der Waals surface area contributed by atoms with Gasteiger partial charge in [-0.05, 0) is 19.4 Å². The van der Waals surface area contributed by atoms with Crippen LogP contribution in [0.1, 0.15) is 19.4 Å². The first kappa shape index (κ1) is 9.69. The molecule has 1 N–H and O–H groups in total. The molecule has 1 aromatic carbocycles. The van der Waals surface area contributed by atoms with Gasteiger partial charge in [-0.3, -0.25) is 4.90 Å². The second-order valence-electron chi connectivity index (χ2n) is 4.58. The summed E-state index contributed by atoms with van der Waals surface area (Å²) < 4.78 is 0. The Morgan fingerprint density at radius 3 is 2.50 bits per heavy atom. The highest BCUT2D eigenvalue weighted by Crippen LogP contribution is 2.29. The molecule has 1 heterocycles. The van der Waals surface area contributed by atoms with Gasteiger partial charge in [0.15, 0.2) is 0 Å². The van der Waals surface area contributed by atoms with Crippen molar-refractivity contribution in [1.29, 1.82) is 0 Å². The SMILES string of the molecule is CC(C)(O)C1CN1Cc1ccccc1. The van der Waals surface area contributed by atoms with Crippen molar-refractivity contribution >= 4 is 0 Å². The van der Waals surface area contributed by atoms with E-state index >= 15 is 0 Å². The Balaban J connectivity index is 1.91. The largest absolute Gasteiger partial charge is 0.389 e. The molecular weight excluding hydrogens is 174 g/mol. The minimum absolute atomic E-state index is 0.336. The summed E-state index contributed by atoms with van der Waals surface area (Å²) in [7, 11) is 0. The molecule has 1 aliphatic rings. The van der Waals surface area contributed by atoms with Crippen LogP contribution in [0.4, 0.5) is 0 Å². The van der Waals surface area contributed by atoms with Crippen LogP contribution in [0, 0.1) is 0 Å². The zero-order chi connectivity index (χ0) is 10.2. The molecule has 0 amide bonds. The lowest BCUT2D eigenvalue weighted by atomic mass is 10.1. The normalized spacial score (nSPS) is 26.2. The van der Waals surface area contributed by atoms with E-state index < -0.39 is 5.60 Å². The maximum absolute atomic E-state index is 9.76. The second kappa shape index (κ2) is 3.37. The van der Waals surface area contributed by atoms with Crippen molar-refractivity contribution in [2.45, 2.75) is 32.0 Å². The van der Waals surface area contributed by atoms with E-state index in [9.17, 15) is 5.11 Å². The Kier molecular flexibility index (Phi) is 2.33. The lowest BCUT2D eigenvalue weighted by Gasteiger charge is -2.16. The second-order valence-corrected chi connectivity index (χ2v) is 4.58. The molecule has 0 spiro atoms. The molecule has 2 nitrogen and oxygen atoms in total. The van der Waals surface area contributed by atoms with E-state index in [1.807, 2.05) is 19.9 Å². The Labute approximate surface area is 85.2 Å². The summed E-state index contributed by atoms with van der Waals surface area (Å²) in [6.07, 6.45) is 0. The van der Waals surface area contributed by atoms with Crippen LogP contribution in [0.2, 0.25) is 0 Å². The molecular formula is C12H17NO. The van der Waals surface area contributed by atoms with E-state index in [4.69, 9.17) is 0 Å². The smallest absolute Gasteiger partial charge is 0.0758 e. The van der Waals surface area contributed by atoms with Crippen molar-refractivity contribution in [2.24, 2.45) is 0 Å². The molecule has 0 bridgehead atoms. The number of hydrogen-bond donors (Lipinski definition) is 1. The van der Waals surface area contributed by atoms with Gasteiger partial charge in [0.25, 0.3) is 0 Å². The molecule has 0 aliphatic carbocycles. The van der Waals surface area contributed by atoms with Crippen LogP contribution < -0.4 is 0 Å². The van der Waals surface area contributed by atoms with E-state index in [0.29, 0.717) is 6.04 Å². The third-order valence-electron chi connectivity index (χ3n) is 2.76. The summed E-state index contributed by atoms with van der Waals surface area (Å²) in [5.74, 6) is 0. The Bertz CT molecular complexity index is 302. The van der Waals surface area contributed by atoms with Crippen molar-refractivity contribution in [2.75, 3.05) is 6.54 Å². The van der Waals surface area contributed by atoms with E-state index in [2.05, 4.69) is 29.2 Å². The average Bonchev–Trinajstić information content (AvgIpc) is 2.85. The summed E-state index contributed by atoms with van der Waals surface area (Å²) in [6, 6.07) is 10.7. The molecule has 2 rings (SSSR count). The predicted octanol–water partition coefficient (Wildman–Crippen LogP) is 1.64. The van der Waals surface area contributed by atoms with Crippen LogP contribution in [0.3, 0.4) is 0 Å². The minimum Gasteiger partial charge on any atom is -0.389 e. The summed E-state index contributed by atoms with van der Waals surface area (Å²) >= 11 is 0. The summed E-state index contributed by atoms with van der Waals surface area (Å²) in [6.45, 7) is 5.72. The summed E-state index contributed by atoms with van der Waals surface area (Å²) in [4.78, 5) is 2.29. The summed E-state index contributed by atoms with van der Waals surface area (Å²) in [5, 5.41) is 9.76. The highest BCUT2D eigenvalue weighted by molar-refractivity contribution is 5.16. The van der Waals surface area contributed by atoms with Gasteiger partial charge < -0.3 is 5.11 Å². The van der Waals surface area contributed by atoms with Crippen molar-refractivity contribution in [1.82, 2.24) is 4.90 Å². The van der Waals surface area contributed by atoms with Crippen LogP contribution >= 0.6 is 0 Å². The van der Waals surface area contributed by atoms with E-state index in [1.54, 1.807) is 0 Å². The third kappa shape index (κ3) is 2.14. The molecule has 0 aromatic heterocycles. The van der Waals surface area contributed by atoms with E-state index in [0.717, 1.165) is 13.1 Å². The molecule has 14 heavy (non-hydrogen) atoms. The highest BCUT2D eigenvalue weighted by atomic mass is 16.3. The van der Waals surface area contributed by atoms with Gasteiger partial charge in [0.2, 0.25) is 0 Å². The first-order valence-corrected chi connectivity index (χ1v) is 5.08. The zero-order valence-corrected chi connectivity index (χ0v) is 8.77. The molecule has 0 saturated carbocycles. The topological polar surface area (TPSA) is 23.2 Å². The van der Waals surface area contributed by atoms with Gasteiger partial charge in [-0.1, -0.05) is 30.3 Å². The molecule has 1 fully saturated rings. The predicted molar refractivity (Wildman–Crippen MR) is 56.9 cm³/mol. The molecule has 1 aromatic rings.